The van der Waals surface area contributed by atoms with Gasteiger partial charge in [0.1, 0.15) is 10.9 Å². The van der Waals surface area contributed by atoms with Crippen LogP contribution in [-0.2, 0) is 6.54 Å². The maximum atomic E-state index is 6.47. The van der Waals surface area contributed by atoms with Crippen LogP contribution in [0, 0.1) is 6.92 Å². The van der Waals surface area contributed by atoms with Crippen LogP contribution in [0.2, 0.25) is 5.15 Å². The first-order valence-electron chi connectivity index (χ1n) is 8.58. The Morgan fingerprint density at radius 2 is 1.93 bits per heavy atom. The maximum absolute atomic E-state index is 6.47. The van der Waals surface area contributed by atoms with Gasteiger partial charge >= 0.3 is 0 Å². The number of ether oxygens (including phenoxy) is 1. The summed E-state index contributed by atoms with van der Waals surface area (Å²) in [5, 5.41) is 12.6. The van der Waals surface area contributed by atoms with Crippen LogP contribution in [0.5, 0.6) is 5.75 Å². The van der Waals surface area contributed by atoms with Gasteiger partial charge < -0.3 is 10.1 Å². The molecule has 0 spiro atoms. The molecule has 6 nitrogen and oxygen atoms in total. The van der Waals surface area contributed by atoms with Crippen molar-refractivity contribution in [3.8, 4) is 5.75 Å². The second-order valence-corrected chi connectivity index (χ2v) is 6.75. The lowest BCUT2D eigenvalue weighted by molar-refractivity contribution is 0.415. The number of halogens is 1. The van der Waals surface area contributed by atoms with Gasteiger partial charge in [-0.1, -0.05) is 41.9 Å². The third-order valence-electron chi connectivity index (χ3n) is 3.99. The molecule has 0 bridgehead atoms. The maximum Gasteiger partial charge on any atom is 0.191 e. The van der Waals surface area contributed by atoms with Crippen molar-refractivity contribution in [2.24, 2.45) is 5.10 Å². The third-order valence-corrected chi connectivity index (χ3v) is 4.58. The van der Waals surface area contributed by atoms with Crippen molar-refractivity contribution in [2.75, 3.05) is 12.4 Å². The summed E-state index contributed by atoms with van der Waals surface area (Å²) in [5.41, 5.74) is 6.28. The Morgan fingerprint density at radius 1 is 1.21 bits per heavy atom. The molecule has 0 aliphatic carbocycles. The zero-order valence-corrected chi connectivity index (χ0v) is 17.1. The van der Waals surface area contributed by atoms with Crippen LogP contribution >= 0.6 is 23.8 Å². The van der Waals surface area contributed by atoms with Crippen LogP contribution < -0.4 is 15.5 Å². The Bertz CT molecular complexity index is 970. The molecule has 2 aromatic carbocycles. The molecular formula is C20H20ClN5OS. The minimum absolute atomic E-state index is 0.367. The first kappa shape index (κ1) is 19.9. The second-order valence-electron chi connectivity index (χ2n) is 5.99. The molecule has 0 radical (unpaired) electrons. The minimum atomic E-state index is 0.367. The van der Waals surface area contributed by atoms with E-state index in [1.165, 1.54) is 0 Å². The van der Waals surface area contributed by atoms with Crippen molar-refractivity contribution in [3.05, 3.63) is 76.6 Å². The standard InChI is InChI=1S/C20H20ClN5OS/c1-14-18(19(21)26(25-14)13-15-6-4-3-5-7-15)12-22-24-20(28)23-16-8-10-17(27-2)11-9-16/h3-12H,13H2,1-2H3,(H2,23,24,28)/b22-12+. The molecule has 0 unspecified atom stereocenters. The van der Waals surface area contributed by atoms with E-state index in [4.69, 9.17) is 28.6 Å². The van der Waals surface area contributed by atoms with E-state index in [-0.39, 0.29) is 0 Å². The third kappa shape index (κ3) is 5.09. The topological polar surface area (TPSA) is 63.5 Å². The van der Waals surface area contributed by atoms with E-state index in [9.17, 15) is 0 Å². The average molecular weight is 414 g/mol. The van der Waals surface area contributed by atoms with Crippen LogP contribution in [0.3, 0.4) is 0 Å². The zero-order valence-electron chi connectivity index (χ0n) is 15.5. The number of nitrogens with one attached hydrogen (secondary N) is 2. The van der Waals surface area contributed by atoms with Crippen LogP contribution in [0.4, 0.5) is 5.69 Å². The Balaban J connectivity index is 1.61. The summed E-state index contributed by atoms with van der Waals surface area (Å²) < 4.78 is 6.88. The van der Waals surface area contributed by atoms with E-state index in [1.54, 1.807) is 18.0 Å². The van der Waals surface area contributed by atoms with Crippen molar-refractivity contribution >= 4 is 40.8 Å². The predicted molar refractivity (Wildman–Crippen MR) is 117 cm³/mol. The molecule has 0 aliphatic rings. The number of hydrogen-bond donors (Lipinski definition) is 2. The smallest absolute Gasteiger partial charge is 0.191 e. The number of thiocarbonyl (C=S) groups is 1. The van der Waals surface area contributed by atoms with Crippen LogP contribution in [0.1, 0.15) is 16.8 Å². The number of anilines is 1. The lowest BCUT2D eigenvalue weighted by Crippen LogP contribution is -2.23. The SMILES string of the molecule is COc1ccc(NC(=S)N/N=C/c2c(C)nn(Cc3ccccc3)c2Cl)cc1. The number of methoxy groups -OCH3 is 1. The van der Waals surface area contributed by atoms with Gasteiger partial charge in [0.2, 0.25) is 0 Å². The number of nitrogens with zero attached hydrogens (tertiary/aromatic N) is 3. The minimum Gasteiger partial charge on any atom is -0.497 e. The first-order valence-corrected chi connectivity index (χ1v) is 9.36. The fourth-order valence-electron chi connectivity index (χ4n) is 2.56. The molecule has 144 valence electrons. The van der Waals surface area contributed by atoms with Crippen LogP contribution in [0.15, 0.2) is 59.7 Å². The van der Waals surface area contributed by atoms with Crippen molar-refractivity contribution in [1.29, 1.82) is 0 Å². The number of aryl methyl sites for hydroxylation is 1. The molecule has 0 fully saturated rings. The summed E-state index contributed by atoms with van der Waals surface area (Å²) in [6.07, 6.45) is 1.62. The molecule has 0 atom stereocenters. The van der Waals surface area contributed by atoms with Gasteiger partial charge in [-0.25, -0.2) is 4.68 Å². The normalized spacial score (nSPS) is 10.8. The lowest BCUT2D eigenvalue weighted by atomic mass is 10.2. The summed E-state index contributed by atoms with van der Waals surface area (Å²) in [6, 6.07) is 17.4. The summed E-state index contributed by atoms with van der Waals surface area (Å²) in [7, 11) is 1.62. The summed E-state index contributed by atoms with van der Waals surface area (Å²) in [5.74, 6) is 0.778. The Kier molecular flexibility index (Phi) is 6.62. The summed E-state index contributed by atoms with van der Waals surface area (Å²) >= 11 is 11.7. The predicted octanol–water partition coefficient (Wildman–Crippen LogP) is 4.22. The molecule has 0 aliphatic heterocycles. The first-order chi connectivity index (χ1) is 13.6. The van der Waals surface area contributed by atoms with Crippen molar-refractivity contribution in [2.45, 2.75) is 13.5 Å². The molecule has 0 saturated carbocycles. The summed E-state index contributed by atoms with van der Waals surface area (Å²) in [4.78, 5) is 0. The molecule has 3 aromatic rings. The molecule has 8 heteroatoms. The van der Waals surface area contributed by atoms with Crippen molar-refractivity contribution in [3.63, 3.8) is 0 Å². The highest BCUT2D eigenvalue weighted by Crippen LogP contribution is 2.19. The Morgan fingerprint density at radius 3 is 2.61 bits per heavy atom. The van der Waals surface area contributed by atoms with E-state index in [1.807, 2.05) is 61.5 Å². The van der Waals surface area contributed by atoms with Crippen molar-refractivity contribution < 1.29 is 4.74 Å². The van der Waals surface area contributed by atoms with Crippen molar-refractivity contribution in [1.82, 2.24) is 15.2 Å². The Labute approximate surface area is 174 Å². The van der Waals surface area contributed by atoms with E-state index >= 15 is 0 Å². The Hall–Kier alpha value is -2.90. The van der Waals surface area contributed by atoms with Gasteiger partial charge in [0, 0.05) is 5.69 Å². The van der Waals surface area contributed by atoms with Gasteiger partial charge in [-0.3, -0.25) is 5.43 Å². The van der Waals surface area contributed by atoms with E-state index in [2.05, 4.69) is 20.9 Å². The average Bonchev–Trinajstić information content (AvgIpc) is 2.96. The van der Waals surface area contributed by atoms with Crippen LogP contribution in [-0.4, -0.2) is 28.2 Å². The van der Waals surface area contributed by atoms with E-state index in [0.29, 0.717) is 16.8 Å². The molecular weight excluding hydrogens is 394 g/mol. The molecule has 28 heavy (non-hydrogen) atoms. The number of hydrogen-bond acceptors (Lipinski definition) is 4. The fraction of sp³-hybridized carbons (Fsp3) is 0.150. The van der Waals surface area contributed by atoms with Gasteiger partial charge in [-0.05, 0) is 49.0 Å². The number of aromatic nitrogens is 2. The molecule has 0 saturated heterocycles. The number of rotatable bonds is 6. The summed E-state index contributed by atoms with van der Waals surface area (Å²) in [6.45, 7) is 2.49. The zero-order chi connectivity index (χ0) is 19.9. The van der Waals surface area contributed by atoms with Gasteiger partial charge in [0.05, 0.1) is 31.1 Å². The fourth-order valence-corrected chi connectivity index (χ4v) is 3.02. The van der Waals surface area contributed by atoms with Gasteiger partial charge in [-0.15, -0.1) is 0 Å². The van der Waals surface area contributed by atoms with Crippen LogP contribution in [0.25, 0.3) is 0 Å². The monoisotopic (exact) mass is 413 g/mol. The highest BCUT2D eigenvalue weighted by Gasteiger charge is 2.12. The van der Waals surface area contributed by atoms with E-state index < -0.39 is 0 Å². The van der Waals surface area contributed by atoms with Gasteiger partial charge in [0.15, 0.2) is 5.11 Å². The van der Waals surface area contributed by atoms with E-state index in [0.717, 1.165) is 28.3 Å². The quantitative estimate of drug-likeness (QED) is 0.360. The number of hydrazone groups is 1. The van der Waals surface area contributed by atoms with Gasteiger partial charge in [0.25, 0.3) is 0 Å². The largest absolute Gasteiger partial charge is 0.497 e. The molecule has 2 N–H and O–H groups in total. The molecule has 0 amide bonds. The second kappa shape index (κ2) is 9.34. The molecule has 3 rings (SSSR count). The lowest BCUT2D eigenvalue weighted by Gasteiger charge is -2.07. The highest BCUT2D eigenvalue weighted by atomic mass is 35.5. The molecule has 1 heterocycles. The van der Waals surface area contributed by atoms with Gasteiger partial charge in [-0.2, -0.15) is 10.2 Å². The highest BCUT2D eigenvalue weighted by molar-refractivity contribution is 7.80. The molecule has 1 aromatic heterocycles. The number of benzene rings is 2.